The standard InChI is InChI=1S/C20H22N2O3/c1-20(2,15-7-8-17-13(11-15)9-10-25-17)19(24)22-16-6-4-5-14(12-16)18(23)21-3/h4-8,11-12H,9-10H2,1-3H3,(H,21,23)(H,22,24). The molecule has 3 rings (SSSR count). The second-order valence-corrected chi connectivity index (χ2v) is 6.66. The Balaban J connectivity index is 1.81. The number of rotatable bonds is 4. The van der Waals surface area contributed by atoms with Gasteiger partial charge in [0.2, 0.25) is 5.91 Å². The zero-order valence-electron chi connectivity index (χ0n) is 14.7. The van der Waals surface area contributed by atoms with Gasteiger partial charge in [0.15, 0.2) is 0 Å². The summed E-state index contributed by atoms with van der Waals surface area (Å²) in [5.74, 6) is 0.590. The number of fused-ring (bicyclic) bond motifs is 1. The lowest BCUT2D eigenvalue weighted by atomic mass is 9.82. The summed E-state index contributed by atoms with van der Waals surface area (Å²) < 4.78 is 5.53. The third-order valence-electron chi connectivity index (χ3n) is 4.59. The summed E-state index contributed by atoms with van der Waals surface area (Å²) in [5.41, 5.74) is 2.48. The first-order chi connectivity index (χ1) is 11.9. The van der Waals surface area contributed by atoms with E-state index in [-0.39, 0.29) is 11.8 Å². The zero-order chi connectivity index (χ0) is 18.0. The molecule has 0 aromatic heterocycles. The summed E-state index contributed by atoms with van der Waals surface area (Å²) in [6.07, 6.45) is 0.870. The van der Waals surface area contributed by atoms with Gasteiger partial charge in [0.25, 0.3) is 5.91 Å². The van der Waals surface area contributed by atoms with Gasteiger partial charge in [0.05, 0.1) is 12.0 Å². The summed E-state index contributed by atoms with van der Waals surface area (Å²) in [7, 11) is 1.58. The van der Waals surface area contributed by atoms with Crippen LogP contribution >= 0.6 is 0 Å². The number of nitrogens with one attached hydrogen (secondary N) is 2. The molecule has 0 fully saturated rings. The molecule has 2 aromatic rings. The van der Waals surface area contributed by atoms with Crippen molar-refractivity contribution in [1.29, 1.82) is 0 Å². The summed E-state index contributed by atoms with van der Waals surface area (Å²) in [5, 5.41) is 5.50. The molecule has 2 aromatic carbocycles. The smallest absolute Gasteiger partial charge is 0.251 e. The van der Waals surface area contributed by atoms with E-state index in [1.54, 1.807) is 31.3 Å². The van der Waals surface area contributed by atoms with Crippen molar-refractivity contribution in [1.82, 2.24) is 5.32 Å². The van der Waals surface area contributed by atoms with E-state index in [1.807, 2.05) is 32.0 Å². The predicted octanol–water partition coefficient (Wildman–Crippen LogP) is 2.90. The Kier molecular flexibility index (Phi) is 4.49. The molecule has 5 nitrogen and oxygen atoms in total. The molecule has 2 N–H and O–H groups in total. The fourth-order valence-corrected chi connectivity index (χ4v) is 2.88. The van der Waals surface area contributed by atoms with Gasteiger partial charge in [0.1, 0.15) is 5.75 Å². The fraction of sp³-hybridized carbons (Fsp3) is 0.300. The molecular formula is C20H22N2O3. The van der Waals surface area contributed by atoms with Crippen molar-refractivity contribution >= 4 is 17.5 Å². The van der Waals surface area contributed by atoms with Crippen LogP contribution < -0.4 is 15.4 Å². The number of ether oxygens (including phenoxy) is 1. The monoisotopic (exact) mass is 338 g/mol. The average molecular weight is 338 g/mol. The van der Waals surface area contributed by atoms with Gasteiger partial charge in [-0.1, -0.05) is 18.2 Å². The maximum atomic E-state index is 12.8. The van der Waals surface area contributed by atoms with Crippen LogP contribution in [0.2, 0.25) is 0 Å². The van der Waals surface area contributed by atoms with Gasteiger partial charge in [-0.15, -0.1) is 0 Å². The van der Waals surface area contributed by atoms with Crippen molar-refractivity contribution < 1.29 is 14.3 Å². The molecule has 0 unspecified atom stereocenters. The summed E-state index contributed by atoms with van der Waals surface area (Å²) >= 11 is 0. The van der Waals surface area contributed by atoms with Crippen LogP contribution in [0.5, 0.6) is 5.75 Å². The maximum absolute atomic E-state index is 12.8. The lowest BCUT2D eigenvalue weighted by molar-refractivity contribution is -0.120. The number of carbonyl (C=O) groups is 2. The van der Waals surface area contributed by atoms with E-state index in [0.29, 0.717) is 17.9 Å². The third kappa shape index (κ3) is 3.36. The van der Waals surface area contributed by atoms with Gasteiger partial charge >= 0.3 is 0 Å². The molecule has 0 atom stereocenters. The van der Waals surface area contributed by atoms with Crippen LogP contribution in [0.15, 0.2) is 42.5 Å². The van der Waals surface area contributed by atoms with Crippen molar-refractivity contribution in [2.75, 3.05) is 19.0 Å². The number of benzene rings is 2. The molecule has 25 heavy (non-hydrogen) atoms. The van der Waals surface area contributed by atoms with Gasteiger partial charge < -0.3 is 15.4 Å². The van der Waals surface area contributed by atoms with E-state index in [4.69, 9.17) is 4.74 Å². The highest BCUT2D eigenvalue weighted by Gasteiger charge is 2.31. The van der Waals surface area contributed by atoms with Crippen molar-refractivity contribution in [2.45, 2.75) is 25.7 Å². The predicted molar refractivity (Wildman–Crippen MR) is 97.1 cm³/mol. The minimum atomic E-state index is -0.708. The van der Waals surface area contributed by atoms with Crippen LogP contribution in [-0.4, -0.2) is 25.5 Å². The summed E-state index contributed by atoms with van der Waals surface area (Å²) in [6.45, 7) is 4.47. The average Bonchev–Trinajstić information content (AvgIpc) is 3.08. The Morgan fingerprint density at radius 3 is 2.68 bits per heavy atom. The van der Waals surface area contributed by atoms with E-state index in [9.17, 15) is 9.59 Å². The van der Waals surface area contributed by atoms with Gasteiger partial charge in [-0.05, 0) is 49.2 Å². The van der Waals surface area contributed by atoms with Crippen molar-refractivity contribution in [3.8, 4) is 5.75 Å². The number of hydrogen-bond acceptors (Lipinski definition) is 3. The van der Waals surface area contributed by atoms with Crippen molar-refractivity contribution in [3.05, 3.63) is 59.2 Å². The van der Waals surface area contributed by atoms with E-state index in [1.165, 1.54) is 0 Å². The number of hydrogen-bond donors (Lipinski definition) is 2. The first-order valence-corrected chi connectivity index (χ1v) is 8.31. The highest BCUT2D eigenvalue weighted by Crippen LogP contribution is 2.32. The molecule has 1 aliphatic heterocycles. The highest BCUT2D eigenvalue weighted by atomic mass is 16.5. The minimum Gasteiger partial charge on any atom is -0.493 e. The second-order valence-electron chi connectivity index (χ2n) is 6.66. The SMILES string of the molecule is CNC(=O)c1cccc(NC(=O)C(C)(C)c2ccc3c(c2)CCO3)c1. The summed E-state index contributed by atoms with van der Waals surface area (Å²) in [4.78, 5) is 24.6. The van der Waals surface area contributed by atoms with Gasteiger partial charge in [-0.25, -0.2) is 0 Å². The lowest BCUT2D eigenvalue weighted by Crippen LogP contribution is -2.34. The maximum Gasteiger partial charge on any atom is 0.251 e. The van der Waals surface area contributed by atoms with Gasteiger partial charge in [-0.2, -0.15) is 0 Å². The van der Waals surface area contributed by atoms with Crippen LogP contribution in [0.1, 0.15) is 35.3 Å². The Morgan fingerprint density at radius 2 is 1.92 bits per heavy atom. The largest absolute Gasteiger partial charge is 0.493 e. The molecule has 0 aliphatic carbocycles. The van der Waals surface area contributed by atoms with E-state index in [2.05, 4.69) is 10.6 Å². The summed E-state index contributed by atoms with van der Waals surface area (Å²) in [6, 6.07) is 12.8. The highest BCUT2D eigenvalue weighted by molar-refractivity contribution is 6.00. The Labute approximate surface area is 147 Å². The fourth-order valence-electron chi connectivity index (χ4n) is 2.88. The van der Waals surface area contributed by atoms with Gasteiger partial charge in [0, 0.05) is 24.7 Å². The number of carbonyl (C=O) groups excluding carboxylic acids is 2. The number of amides is 2. The molecule has 5 heteroatoms. The van der Waals surface area contributed by atoms with E-state index in [0.717, 1.165) is 23.3 Å². The molecule has 2 amide bonds. The third-order valence-corrected chi connectivity index (χ3v) is 4.59. The molecule has 0 saturated carbocycles. The number of anilines is 1. The molecule has 1 heterocycles. The van der Waals surface area contributed by atoms with Crippen molar-refractivity contribution in [2.24, 2.45) is 0 Å². The van der Waals surface area contributed by atoms with E-state index < -0.39 is 5.41 Å². The second kappa shape index (κ2) is 6.59. The zero-order valence-corrected chi connectivity index (χ0v) is 14.7. The van der Waals surface area contributed by atoms with Crippen molar-refractivity contribution in [3.63, 3.8) is 0 Å². The lowest BCUT2D eigenvalue weighted by Gasteiger charge is -2.25. The molecule has 0 radical (unpaired) electrons. The van der Waals surface area contributed by atoms with Crippen LogP contribution in [0.25, 0.3) is 0 Å². The molecule has 130 valence electrons. The minimum absolute atomic E-state index is 0.125. The Bertz CT molecular complexity index is 827. The quantitative estimate of drug-likeness (QED) is 0.901. The molecule has 0 bridgehead atoms. The first-order valence-electron chi connectivity index (χ1n) is 8.31. The molecular weight excluding hydrogens is 316 g/mol. The van der Waals surface area contributed by atoms with E-state index >= 15 is 0 Å². The molecule has 0 spiro atoms. The van der Waals surface area contributed by atoms with Crippen LogP contribution in [0, 0.1) is 0 Å². The normalized spacial score (nSPS) is 12.9. The van der Waals surface area contributed by atoms with Crippen LogP contribution in [0.3, 0.4) is 0 Å². The topological polar surface area (TPSA) is 67.4 Å². The van der Waals surface area contributed by atoms with Crippen LogP contribution in [0.4, 0.5) is 5.69 Å². The Hall–Kier alpha value is -2.82. The first kappa shape index (κ1) is 17.0. The molecule has 0 saturated heterocycles. The molecule has 1 aliphatic rings. The Morgan fingerprint density at radius 1 is 1.12 bits per heavy atom. The van der Waals surface area contributed by atoms with Crippen LogP contribution in [-0.2, 0) is 16.6 Å². The van der Waals surface area contributed by atoms with Gasteiger partial charge in [-0.3, -0.25) is 9.59 Å².